The molecule has 21 heavy (non-hydrogen) atoms. The third-order valence-electron chi connectivity index (χ3n) is 3.74. The summed E-state index contributed by atoms with van der Waals surface area (Å²) < 4.78 is 5.45. The van der Waals surface area contributed by atoms with E-state index in [1.807, 2.05) is 26.0 Å². The van der Waals surface area contributed by atoms with Crippen molar-refractivity contribution < 1.29 is 14.6 Å². The molecule has 0 aromatic heterocycles. The number of carboxylic acids is 1. The zero-order valence-corrected chi connectivity index (χ0v) is 12.4. The van der Waals surface area contributed by atoms with E-state index in [4.69, 9.17) is 4.74 Å². The van der Waals surface area contributed by atoms with Crippen LogP contribution >= 0.6 is 0 Å². The minimum absolute atomic E-state index is 0.208. The number of aryl methyl sites for hydroxylation is 1. The fraction of sp³-hybridized carbons (Fsp3) is 0.294. The molecule has 2 aromatic rings. The van der Waals surface area contributed by atoms with Crippen molar-refractivity contribution in [1.82, 2.24) is 0 Å². The summed E-state index contributed by atoms with van der Waals surface area (Å²) in [5, 5.41) is 20.4. The quantitative estimate of drug-likeness (QED) is 0.931. The summed E-state index contributed by atoms with van der Waals surface area (Å²) in [6, 6.07) is 7.67. The molecule has 0 fully saturated rings. The standard InChI is InChI=1S/C17H17NO3/c1-4-10-7-6-8-12-14(10)16(21-3)13(9-18)11(5-2)15(12)17(19)20/h6-8H,4-5H2,1-3H3,(H,19,20). The molecule has 4 nitrogen and oxygen atoms in total. The highest BCUT2D eigenvalue weighted by Gasteiger charge is 2.24. The average Bonchev–Trinajstić information content (AvgIpc) is 2.50. The first kappa shape index (κ1) is 14.9. The number of rotatable bonds is 4. The Morgan fingerprint density at radius 1 is 1.33 bits per heavy atom. The molecule has 2 rings (SSSR count). The van der Waals surface area contributed by atoms with Crippen LogP contribution in [0.3, 0.4) is 0 Å². The van der Waals surface area contributed by atoms with E-state index in [1.54, 1.807) is 6.07 Å². The normalized spacial score (nSPS) is 10.4. The highest BCUT2D eigenvalue weighted by Crippen LogP contribution is 2.38. The van der Waals surface area contributed by atoms with Crippen LogP contribution < -0.4 is 4.74 Å². The number of nitriles is 1. The van der Waals surface area contributed by atoms with Crippen LogP contribution in [0.1, 0.15) is 40.9 Å². The lowest BCUT2D eigenvalue weighted by Crippen LogP contribution is -2.08. The molecule has 2 aromatic carbocycles. The monoisotopic (exact) mass is 283 g/mol. The topological polar surface area (TPSA) is 70.3 Å². The molecule has 0 saturated carbocycles. The Hall–Kier alpha value is -2.54. The molecule has 0 aliphatic heterocycles. The summed E-state index contributed by atoms with van der Waals surface area (Å²) in [5.41, 5.74) is 2.04. The van der Waals surface area contributed by atoms with Crippen molar-refractivity contribution in [3.05, 3.63) is 40.5 Å². The zero-order valence-electron chi connectivity index (χ0n) is 12.4. The number of ether oxygens (including phenoxy) is 1. The van der Waals surface area contributed by atoms with Gasteiger partial charge < -0.3 is 9.84 Å². The minimum Gasteiger partial charge on any atom is -0.495 e. The molecule has 0 unspecified atom stereocenters. The van der Waals surface area contributed by atoms with Gasteiger partial charge in [0.25, 0.3) is 0 Å². The second kappa shape index (κ2) is 5.84. The molecule has 0 radical (unpaired) electrons. The van der Waals surface area contributed by atoms with Crippen LogP contribution in [-0.2, 0) is 12.8 Å². The molecule has 4 heteroatoms. The maximum atomic E-state index is 11.7. The first-order valence-corrected chi connectivity index (χ1v) is 6.88. The van der Waals surface area contributed by atoms with E-state index < -0.39 is 5.97 Å². The molecule has 0 saturated heterocycles. The van der Waals surface area contributed by atoms with E-state index in [9.17, 15) is 15.2 Å². The molecule has 0 aliphatic rings. The van der Waals surface area contributed by atoms with Crippen LogP contribution in [0, 0.1) is 11.3 Å². The number of aromatic carboxylic acids is 1. The number of carboxylic acid groups (broad SMARTS) is 1. The summed E-state index contributed by atoms with van der Waals surface area (Å²) in [7, 11) is 1.52. The Kier molecular flexibility index (Phi) is 4.13. The molecule has 0 bridgehead atoms. The van der Waals surface area contributed by atoms with Crippen molar-refractivity contribution in [2.24, 2.45) is 0 Å². The lowest BCUT2D eigenvalue weighted by molar-refractivity contribution is 0.0698. The molecule has 0 atom stereocenters. The molecular formula is C17H17NO3. The summed E-state index contributed by atoms with van der Waals surface area (Å²) in [6.07, 6.45) is 1.20. The summed E-state index contributed by atoms with van der Waals surface area (Å²) in [4.78, 5) is 11.7. The zero-order chi connectivity index (χ0) is 15.6. The second-order valence-corrected chi connectivity index (χ2v) is 4.73. The maximum Gasteiger partial charge on any atom is 0.336 e. The first-order valence-electron chi connectivity index (χ1n) is 6.88. The van der Waals surface area contributed by atoms with Crippen LogP contribution in [0.15, 0.2) is 18.2 Å². The van der Waals surface area contributed by atoms with Gasteiger partial charge in [-0.1, -0.05) is 32.0 Å². The van der Waals surface area contributed by atoms with Gasteiger partial charge in [-0.15, -0.1) is 0 Å². The Labute approximate surface area is 123 Å². The van der Waals surface area contributed by atoms with E-state index in [1.165, 1.54) is 7.11 Å². The van der Waals surface area contributed by atoms with Crippen molar-refractivity contribution in [3.63, 3.8) is 0 Å². The van der Waals surface area contributed by atoms with Gasteiger partial charge in [-0.3, -0.25) is 0 Å². The average molecular weight is 283 g/mol. The summed E-state index contributed by atoms with van der Waals surface area (Å²) in [6.45, 7) is 3.84. The summed E-state index contributed by atoms with van der Waals surface area (Å²) in [5.74, 6) is -0.531. The second-order valence-electron chi connectivity index (χ2n) is 4.73. The van der Waals surface area contributed by atoms with Crippen LogP contribution in [0.25, 0.3) is 10.8 Å². The molecule has 0 heterocycles. The van der Waals surface area contributed by atoms with E-state index in [0.29, 0.717) is 28.7 Å². The Morgan fingerprint density at radius 3 is 2.52 bits per heavy atom. The van der Waals surface area contributed by atoms with Gasteiger partial charge in [-0.2, -0.15) is 5.26 Å². The minimum atomic E-state index is -1.01. The van der Waals surface area contributed by atoms with Crippen molar-refractivity contribution in [2.75, 3.05) is 7.11 Å². The third kappa shape index (κ3) is 2.21. The number of carbonyl (C=O) groups is 1. The SMILES string of the molecule is CCc1c(C#N)c(OC)c2c(CC)cccc2c1C(=O)O. The third-order valence-corrected chi connectivity index (χ3v) is 3.74. The van der Waals surface area contributed by atoms with Crippen molar-refractivity contribution >= 4 is 16.7 Å². The summed E-state index contributed by atoms with van der Waals surface area (Å²) >= 11 is 0. The lowest BCUT2D eigenvalue weighted by Gasteiger charge is -2.17. The number of hydrogen-bond donors (Lipinski definition) is 1. The van der Waals surface area contributed by atoms with E-state index in [0.717, 1.165) is 17.4 Å². The van der Waals surface area contributed by atoms with Crippen LogP contribution in [0.2, 0.25) is 0 Å². The first-order chi connectivity index (χ1) is 10.1. The predicted octanol–water partition coefficient (Wildman–Crippen LogP) is 3.54. The fourth-order valence-electron chi connectivity index (χ4n) is 2.84. The largest absolute Gasteiger partial charge is 0.495 e. The van der Waals surface area contributed by atoms with Gasteiger partial charge in [0.05, 0.1) is 18.2 Å². The van der Waals surface area contributed by atoms with Crippen molar-refractivity contribution in [3.8, 4) is 11.8 Å². The number of fused-ring (bicyclic) bond motifs is 1. The van der Waals surface area contributed by atoms with Gasteiger partial charge in [0.1, 0.15) is 11.8 Å². The molecule has 0 aliphatic carbocycles. The molecule has 108 valence electrons. The molecule has 0 spiro atoms. The van der Waals surface area contributed by atoms with Gasteiger partial charge in [0.15, 0.2) is 0 Å². The van der Waals surface area contributed by atoms with Gasteiger partial charge in [-0.25, -0.2) is 4.79 Å². The Balaban J connectivity index is 3.14. The van der Waals surface area contributed by atoms with Gasteiger partial charge in [0.2, 0.25) is 0 Å². The Bertz CT molecular complexity index is 757. The highest BCUT2D eigenvalue weighted by atomic mass is 16.5. The van der Waals surface area contributed by atoms with Crippen molar-refractivity contribution in [1.29, 1.82) is 5.26 Å². The van der Waals surface area contributed by atoms with E-state index in [-0.39, 0.29) is 5.56 Å². The lowest BCUT2D eigenvalue weighted by atomic mass is 9.89. The fourth-order valence-corrected chi connectivity index (χ4v) is 2.84. The van der Waals surface area contributed by atoms with Gasteiger partial charge >= 0.3 is 5.97 Å². The van der Waals surface area contributed by atoms with Crippen LogP contribution in [0.5, 0.6) is 5.75 Å². The Morgan fingerprint density at radius 2 is 2.05 bits per heavy atom. The van der Waals surface area contributed by atoms with Gasteiger partial charge in [0, 0.05) is 10.8 Å². The number of benzene rings is 2. The molecule has 0 amide bonds. The molecule has 1 N–H and O–H groups in total. The van der Waals surface area contributed by atoms with Crippen molar-refractivity contribution in [2.45, 2.75) is 26.7 Å². The van der Waals surface area contributed by atoms with Crippen LogP contribution in [0.4, 0.5) is 0 Å². The number of nitrogens with zero attached hydrogens (tertiary/aromatic N) is 1. The van der Waals surface area contributed by atoms with Gasteiger partial charge in [-0.05, 0) is 24.0 Å². The predicted molar refractivity (Wildman–Crippen MR) is 80.9 cm³/mol. The van der Waals surface area contributed by atoms with E-state index in [2.05, 4.69) is 6.07 Å². The molecular weight excluding hydrogens is 266 g/mol. The van der Waals surface area contributed by atoms with Crippen LogP contribution in [-0.4, -0.2) is 18.2 Å². The number of hydrogen-bond acceptors (Lipinski definition) is 3. The highest BCUT2D eigenvalue weighted by molar-refractivity contribution is 6.09. The smallest absolute Gasteiger partial charge is 0.336 e. The number of methoxy groups -OCH3 is 1. The maximum absolute atomic E-state index is 11.7. The van der Waals surface area contributed by atoms with E-state index >= 15 is 0 Å².